The lowest BCUT2D eigenvalue weighted by Crippen LogP contribution is -2.45. The van der Waals surface area contributed by atoms with Crippen molar-refractivity contribution in [2.24, 2.45) is 0 Å². The van der Waals surface area contributed by atoms with Gasteiger partial charge in [0.15, 0.2) is 17.1 Å². The smallest absolute Gasteiger partial charge is 0.286 e. The molecule has 0 spiro atoms. The third-order valence-corrected chi connectivity index (χ3v) is 23.8. The Balaban J connectivity index is 0.000000132. The summed E-state index contributed by atoms with van der Waals surface area (Å²) in [4.78, 5) is 40.2. The SMILES string of the molecule is O=C(NC1CCCC1)c1nn(C2CCCCC2)c2c1CCCCC2Cc1cccc(F)c1.O=C(NC1CCCCC1)c1nn(C2CCCCC2)c2c1CCCCC2Cc1cccc(F)c1.O=C(NN1CCCCC1)c1nn(C2CCCCC2)c2c1CCCCC2Cc1cccc(F)c1. The summed E-state index contributed by atoms with van der Waals surface area (Å²) in [5, 5.41) is 23.8. The first-order valence-electron chi connectivity index (χ1n) is 39.3. The number of piperidine rings is 1. The van der Waals surface area contributed by atoms with E-state index in [2.05, 4.69) is 35.1 Å². The molecule has 1 saturated heterocycles. The van der Waals surface area contributed by atoms with Gasteiger partial charge in [0.2, 0.25) is 0 Å². The Labute approximate surface area is 581 Å². The number of hydrogen-bond donors (Lipinski definition) is 3. The highest BCUT2D eigenvalue weighted by molar-refractivity contribution is 5.95. The number of benzene rings is 3. The van der Waals surface area contributed by atoms with Crippen molar-refractivity contribution in [3.63, 3.8) is 0 Å². The molecule has 3 aromatic heterocycles. The van der Waals surface area contributed by atoms with E-state index in [9.17, 15) is 27.6 Å². The maximum absolute atomic E-state index is 13.9. The summed E-state index contributed by atoms with van der Waals surface area (Å²) in [6.07, 6.45) is 47.1. The van der Waals surface area contributed by atoms with Crippen LogP contribution in [0.1, 0.15) is 349 Å². The van der Waals surface area contributed by atoms with Gasteiger partial charge in [-0.05, 0) is 207 Å². The zero-order valence-electron chi connectivity index (χ0n) is 58.6. The number of carbonyl (C=O) groups excluding carboxylic acids is 3. The second kappa shape index (κ2) is 34.2. The first kappa shape index (κ1) is 69.9. The molecule has 4 heterocycles. The number of aromatic nitrogens is 6. The van der Waals surface area contributed by atoms with E-state index < -0.39 is 0 Å². The molecule has 3 N–H and O–H groups in total. The van der Waals surface area contributed by atoms with Crippen LogP contribution < -0.4 is 16.1 Å². The second-order valence-electron chi connectivity index (χ2n) is 30.9. The van der Waals surface area contributed by atoms with Gasteiger partial charge in [0.25, 0.3) is 17.7 Å². The molecule has 3 aromatic carbocycles. The van der Waals surface area contributed by atoms with E-state index in [0.29, 0.717) is 41.2 Å². The molecule has 5 saturated carbocycles. The van der Waals surface area contributed by atoms with Crippen LogP contribution in [0.5, 0.6) is 0 Å². The maximum Gasteiger partial charge on any atom is 0.286 e. The number of fused-ring (bicyclic) bond motifs is 3. The first-order chi connectivity index (χ1) is 48.1. The van der Waals surface area contributed by atoms with E-state index in [-0.39, 0.29) is 59.0 Å². The summed E-state index contributed by atoms with van der Waals surface area (Å²) in [5.74, 6) is 0.330. The van der Waals surface area contributed by atoms with Gasteiger partial charge in [-0.25, -0.2) is 18.2 Å². The fraction of sp³-hybridized carbons (Fsp3) is 0.634. The van der Waals surface area contributed by atoms with Crippen molar-refractivity contribution in [3.8, 4) is 0 Å². The molecule has 6 aromatic rings. The second-order valence-corrected chi connectivity index (χ2v) is 30.9. The summed E-state index contributed by atoms with van der Waals surface area (Å²) in [5.41, 5.74) is 15.5. The Kier molecular flexibility index (Phi) is 24.4. The highest BCUT2D eigenvalue weighted by atomic mass is 19.1. The number of halogens is 3. The van der Waals surface area contributed by atoms with Gasteiger partial charge < -0.3 is 10.6 Å². The molecular formula is C82H111F3N10O3. The van der Waals surface area contributed by atoms with Crippen LogP contribution in [0.15, 0.2) is 72.8 Å². The van der Waals surface area contributed by atoms with E-state index >= 15 is 0 Å². The Morgan fingerprint density at radius 3 is 0.990 bits per heavy atom. The summed E-state index contributed by atoms with van der Waals surface area (Å²) >= 11 is 0. The minimum absolute atomic E-state index is 0.0223. The van der Waals surface area contributed by atoms with Gasteiger partial charge in [0, 0.05) is 76.7 Å². The summed E-state index contributed by atoms with van der Waals surface area (Å²) < 4.78 is 48.5. The minimum atomic E-state index is -0.177. The Bertz CT molecular complexity index is 3440. The molecule has 13 nitrogen and oxygen atoms in total. The molecule has 6 fully saturated rings. The highest BCUT2D eigenvalue weighted by Gasteiger charge is 2.38. The van der Waals surface area contributed by atoms with Crippen molar-refractivity contribution in [1.82, 2.24) is 50.4 Å². The van der Waals surface area contributed by atoms with E-state index in [0.717, 1.165) is 209 Å². The lowest BCUT2D eigenvalue weighted by atomic mass is 9.89. The fourth-order valence-corrected chi connectivity index (χ4v) is 18.8. The average Bonchev–Trinajstić information content (AvgIpc) is 1.63. The zero-order valence-corrected chi connectivity index (χ0v) is 58.6. The van der Waals surface area contributed by atoms with E-state index in [1.165, 1.54) is 143 Å². The van der Waals surface area contributed by atoms with Crippen molar-refractivity contribution >= 4 is 17.7 Å². The monoisotopic (exact) mass is 1340 g/mol. The quantitative estimate of drug-likeness (QED) is 0.0869. The lowest BCUT2D eigenvalue weighted by molar-refractivity contribution is 0.0741. The molecule has 3 amide bonds. The Morgan fingerprint density at radius 1 is 0.357 bits per heavy atom. The van der Waals surface area contributed by atoms with Crippen molar-refractivity contribution in [2.45, 2.75) is 318 Å². The lowest BCUT2D eigenvalue weighted by Gasteiger charge is -2.27. The van der Waals surface area contributed by atoms with Gasteiger partial charge >= 0.3 is 0 Å². The molecular weight excluding hydrogens is 1230 g/mol. The van der Waals surface area contributed by atoms with Crippen LogP contribution in [-0.4, -0.2) is 77.2 Å². The van der Waals surface area contributed by atoms with Crippen LogP contribution in [0.4, 0.5) is 13.2 Å². The predicted molar refractivity (Wildman–Crippen MR) is 381 cm³/mol. The summed E-state index contributed by atoms with van der Waals surface area (Å²) in [6.45, 7) is 1.83. The maximum atomic E-state index is 13.9. The third kappa shape index (κ3) is 17.6. The van der Waals surface area contributed by atoms with Crippen LogP contribution in [0, 0.1) is 17.5 Å². The molecule has 528 valence electrons. The minimum Gasteiger partial charge on any atom is -0.348 e. The molecule has 9 aliphatic rings. The van der Waals surface area contributed by atoms with Gasteiger partial charge in [-0.3, -0.25) is 33.9 Å². The fourth-order valence-electron chi connectivity index (χ4n) is 18.8. The largest absolute Gasteiger partial charge is 0.348 e. The highest BCUT2D eigenvalue weighted by Crippen LogP contribution is 2.44. The van der Waals surface area contributed by atoms with Crippen LogP contribution >= 0.6 is 0 Å². The molecule has 16 heteroatoms. The number of rotatable bonds is 15. The molecule has 8 aliphatic carbocycles. The van der Waals surface area contributed by atoms with Gasteiger partial charge in [0.05, 0.1) is 18.1 Å². The number of carbonyl (C=O) groups is 3. The molecule has 0 bridgehead atoms. The first-order valence-corrected chi connectivity index (χ1v) is 39.3. The van der Waals surface area contributed by atoms with Crippen LogP contribution in [0.25, 0.3) is 0 Å². The standard InChI is InChI=1S/C28H38FN3O.C27H37FN4O.C27H36FN3O/c29-22-12-9-10-20(19-22)18-21-11-7-8-17-25-26(28(33)30-23-13-3-1-4-14-23)31-32(27(21)25)24-15-5-2-6-16-24;28-22-12-9-10-20(19-22)18-21-11-5-6-15-24-25(27(33)30-31-16-7-2-8-17-31)29-32(26(21)24)23-13-3-1-4-14-23;28-21-11-8-9-19(18-21)17-20-10-4-7-16-24-25(27(32)29-22-12-5-6-13-22)30-31(26(20)24)23-14-2-1-3-15-23/h9-10,12,19,21,23-24H,1-8,11,13-18H2,(H,30,33);9-10,12,19,21,23H,1-8,11,13-18H2,(H,30,33);8-9,11,18,20,22-23H,1-7,10,12-17H2,(H,29,32). The van der Waals surface area contributed by atoms with Crippen LogP contribution in [0.3, 0.4) is 0 Å². The Morgan fingerprint density at radius 2 is 0.653 bits per heavy atom. The third-order valence-electron chi connectivity index (χ3n) is 23.8. The van der Waals surface area contributed by atoms with E-state index in [1.807, 2.05) is 24.3 Å². The van der Waals surface area contributed by atoms with Crippen molar-refractivity contribution < 1.29 is 27.6 Å². The summed E-state index contributed by atoms with van der Waals surface area (Å²) in [7, 11) is 0. The predicted octanol–water partition coefficient (Wildman–Crippen LogP) is 18.6. The van der Waals surface area contributed by atoms with Crippen molar-refractivity contribution in [2.75, 3.05) is 13.1 Å². The number of nitrogens with one attached hydrogen (secondary N) is 3. The number of hydrogen-bond acceptors (Lipinski definition) is 7. The topological polar surface area (TPSA) is 144 Å². The average molecular weight is 1340 g/mol. The Hall–Kier alpha value is -6.55. The van der Waals surface area contributed by atoms with Gasteiger partial charge in [-0.15, -0.1) is 0 Å². The van der Waals surface area contributed by atoms with E-state index in [1.54, 1.807) is 30.3 Å². The van der Waals surface area contributed by atoms with Crippen molar-refractivity contribution in [1.29, 1.82) is 0 Å². The van der Waals surface area contributed by atoms with Gasteiger partial charge in [0.1, 0.15) is 17.5 Å². The molecule has 0 radical (unpaired) electrons. The van der Waals surface area contributed by atoms with Crippen molar-refractivity contribution in [3.05, 3.63) is 158 Å². The van der Waals surface area contributed by atoms with Crippen LogP contribution in [-0.2, 0) is 38.5 Å². The molecule has 15 rings (SSSR count). The van der Waals surface area contributed by atoms with E-state index in [4.69, 9.17) is 15.3 Å². The van der Waals surface area contributed by atoms with Gasteiger partial charge in [-0.1, -0.05) is 152 Å². The normalized spacial score (nSPS) is 22.5. The summed E-state index contributed by atoms with van der Waals surface area (Å²) in [6, 6.07) is 22.8. The van der Waals surface area contributed by atoms with Crippen LogP contribution in [0.2, 0.25) is 0 Å². The molecule has 1 aliphatic heterocycles. The number of nitrogens with zero attached hydrogens (tertiary/aromatic N) is 7. The molecule has 3 atom stereocenters. The number of amides is 3. The molecule has 3 unspecified atom stereocenters. The number of hydrazine groups is 1. The zero-order chi connectivity index (χ0) is 67.2. The molecule has 98 heavy (non-hydrogen) atoms. The van der Waals surface area contributed by atoms with Gasteiger partial charge in [-0.2, -0.15) is 15.3 Å².